The van der Waals surface area contributed by atoms with E-state index in [1.54, 1.807) is 24.3 Å². The van der Waals surface area contributed by atoms with Gasteiger partial charge in [0.1, 0.15) is 6.54 Å². The van der Waals surface area contributed by atoms with Gasteiger partial charge in [0.2, 0.25) is 15.9 Å². The molecule has 116 valence electrons. The molecular weight excluding hydrogens is 308 g/mol. The Balaban J connectivity index is 2.35. The lowest BCUT2D eigenvalue weighted by Gasteiger charge is -2.08. The number of sulfonamides is 1. The Morgan fingerprint density at radius 2 is 1.73 bits per heavy atom. The van der Waals surface area contributed by atoms with E-state index in [-0.39, 0.29) is 10.8 Å². The molecular formula is C14H14N2O5S. The van der Waals surface area contributed by atoms with Crippen molar-refractivity contribution in [3.63, 3.8) is 0 Å². The molecule has 0 fully saturated rings. The molecule has 1 amide bonds. The molecule has 0 aliphatic carbocycles. The lowest BCUT2D eigenvalue weighted by atomic mass is 10.1. The van der Waals surface area contributed by atoms with Crippen LogP contribution in [0.4, 0.5) is 5.69 Å². The lowest BCUT2D eigenvalue weighted by molar-refractivity contribution is -0.135. The molecule has 2 aromatic carbocycles. The van der Waals surface area contributed by atoms with Crippen LogP contribution in [0.1, 0.15) is 6.92 Å². The van der Waals surface area contributed by atoms with Crippen molar-refractivity contribution in [2.75, 3.05) is 11.9 Å². The Labute approximate surface area is 127 Å². The first kappa shape index (κ1) is 15.9. The molecule has 2 aromatic rings. The van der Waals surface area contributed by atoms with E-state index in [0.29, 0.717) is 11.1 Å². The Bertz CT molecular complexity index is 845. The van der Waals surface area contributed by atoms with Crippen molar-refractivity contribution in [3.05, 3.63) is 36.4 Å². The summed E-state index contributed by atoms with van der Waals surface area (Å²) in [5, 5.41) is 12.6. The molecule has 0 spiro atoms. The minimum atomic E-state index is -3.88. The zero-order valence-corrected chi connectivity index (χ0v) is 12.5. The number of amides is 1. The van der Waals surface area contributed by atoms with Gasteiger partial charge in [-0.3, -0.25) is 9.59 Å². The summed E-state index contributed by atoms with van der Waals surface area (Å²) in [5.74, 6) is -1.46. The maximum atomic E-state index is 12.0. The lowest BCUT2D eigenvalue weighted by Crippen LogP contribution is -2.29. The van der Waals surface area contributed by atoms with Crippen LogP contribution >= 0.6 is 0 Å². The van der Waals surface area contributed by atoms with Crippen molar-refractivity contribution >= 4 is 38.4 Å². The standard InChI is InChI=1S/C14H14N2O5S/c1-9(17)16-12-4-2-11-7-13(5-3-10(11)6-12)22(20,21)15-8-14(18)19/h2-7,15H,8H2,1H3,(H,16,17)(H,18,19). The summed E-state index contributed by atoms with van der Waals surface area (Å²) < 4.78 is 25.9. The van der Waals surface area contributed by atoms with Crippen molar-refractivity contribution in [3.8, 4) is 0 Å². The van der Waals surface area contributed by atoms with Crippen LogP contribution in [0, 0.1) is 0 Å². The van der Waals surface area contributed by atoms with E-state index in [4.69, 9.17) is 5.11 Å². The SMILES string of the molecule is CC(=O)Nc1ccc2cc(S(=O)(=O)NCC(=O)O)ccc2c1. The van der Waals surface area contributed by atoms with Crippen molar-refractivity contribution < 1.29 is 23.1 Å². The summed E-state index contributed by atoms with van der Waals surface area (Å²) in [7, 11) is -3.88. The van der Waals surface area contributed by atoms with Crippen molar-refractivity contribution in [1.29, 1.82) is 0 Å². The number of anilines is 1. The third kappa shape index (κ3) is 3.80. The zero-order valence-electron chi connectivity index (χ0n) is 11.7. The summed E-state index contributed by atoms with van der Waals surface area (Å²) in [4.78, 5) is 21.4. The Kier molecular flexibility index (Phi) is 4.43. The van der Waals surface area contributed by atoms with Gasteiger partial charge in [-0.2, -0.15) is 4.72 Å². The predicted octanol–water partition coefficient (Wildman–Crippen LogP) is 1.16. The number of carboxylic acid groups (broad SMARTS) is 1. The van der Waals surface area contributed by atoms with Crippen molar-refractivity contribution in [2.24, 2.45) is 0 Å². The molecule has 0 saturated heterocycles. The van der Waals surface area contributed by atoms with Gasteiger partial charge in [0.15, 0.2) is 0 Å². The van der Waals surface area contributed by atoms with Crippen LogP contribution in [0.3, 0.4) is 0 Å². The summed E-state index contributed by atoms with van der Waals surface area (Å²) in [6.45, 7) is 0.718. The van der Waals surface area contributed by atoms with Crippen molar-refractivity contribution in [1.82, 2.24) is 4.72 Å². The minimum Gasteiger partial charge on any atom is -0.480 e. The molecule has 0 bridgehead atoms. The van der Waals surface area contributed by atoms with Crippen LogP contribution in [-0.2, 0) is 19.6 Å². The van der Waals surface area contributed by atoms with Gasteiger partial charge in [-0.1, -0.05) is 12.1 Å². The van der Waals surface area contributed by atoms with E-state index in [1.807, 2.05) is 4.72 Å². The topological polar surface area (TPSA) is 113 Å². The fraction of sp³-hybridized carbons (Fsp3) is 0.143. The van der Waals surface area contributed by atoms with Gasteiger partial charge in [0, 0.05) is 12.6 Å². The number of hydrogen-bond acceptors (Lipinski definition) is 4. The Hall–Kier alpha value is -2.45. The first-order valence-electron chi connectivity index (χ1n) is 6.31. The second-order valence-electron chi connectivity index (χ2n) is 4.62. The van der Waals surface area contributed by atoms with Crippen LogP contribution in [0.15, 0.2) is 41.3 Å². The van der Waals surface area contributed by atoms with E-state index >= 15 is 0 Å². The highest BCUT2D eigenvalue weighted by atomic mass is 32.2. The van der Waals surface area contributed by atoms with Gasteiger partial charge < -0.3 is 10.4 Å². The molecule has 3 N–H and O–H groups in total. The molecule has 0 heterocycles. The normalized spacial score (nSPS) is 11.3. The maximum absolute atomic E-state index is 12.0. The van der Waals surface area contributed by atoms with Crippen LogP contribution in [0.2, 0.25) is 0 Å². The fourth-order valence-electron chi connectivity index (χ4n) is 1.91. The van der Waals surface area contributed by atoms with Crippen LogP contribution < -0.4 is 10.0 Å². The van der Waals surface area contributed by atoms with E-state index in [2.05, 4.69) is 5.32 Å². The third-order valence-electron chi connectivity index (χ3n) is 2.86. The molecule has 2 rings (SSSR count). The molecule has 22 heavy (non-hydrogen) atoms. The maximum Gasteiger partial charge on any atom is 0.318 e. The van der Waals surface area contributed by atoms with Gasteiger partial charge in [-0.15, -0.1) is 0 Å². The highest BCUT2D eigenvalue weighted by molar-refractivity contribution is 7.89. The molecule has 0 radical (unpaired) electrons. The summed E-state index contributed by atoms with van der Waals surface area (Å²) in [6, 6.07) is 9.47. The fourth-order valence-corrected chi connectivity index (χ4v) is 2.92. The smallest absolute Gasteiger partial charge is 0.318 e. The third-order valence-corrected chi connectivity index (χ3v) is 4.25. The molecule has 0 aliphatic heterocycles. The highest BCUT2D eigenvalue weighted by Gasteiger charge is 2.15. The van der Waals surface area contributed by atoms with E-state index in [0.717, 1.165) is 5.39 Å². The largest absolute Gasteiger partial charge is 0.480 e. The number of benzene rings is 2. The van der Waals surface area contributed by atoms with Gasteiger partial charge in [-0.05, 0) is 35.0 Å². The molecule has 0 aromatic heterocycles. The van der Waals surface area contributed by atoms with Crippen LogP contribution in [0.25, 0.3) is 10.8 Å². The molecule has 0 saturated carbocycles. The van der Waals surface area contributed by atoms with E-state index in [1.165, 1.54) is 19.1 Å². The molecule has 0 atom stereocenters. The van der Waals surface area contributed by atoms with Gasteiger partial charge in [0.05, 0.1) is 4.90 Å². The molecule has 0 unspecified atom stereocenters. The second-order valence-corrected chi connectivity index (χ2v) is 6.39. The predicted molar refractivity (Wildman–Crippen MR) is 81.1 cm³/mol. The number of hydrogen-bond donors (Lipinski definition) is 3. The summed E-state index contributed by atoms with van der Waals surface area (Å²) in [5.41, 5.74) is 0.611. The number of fused-ring (bicyclic) bond motifs is 1. The van der Waals surface area contributed by atoms with Crippen molar-refractivity contribution in [2.45, 2.75) is 11.8 Å². The molecule has 0 aliphatic rings. The van der Waals surface area contributed by atoms with Crippen LogP contribution in [-0.4, -0.2) is 31.9 Å². The first-order chi connectivity index (χ1) is 10.3. The summed E-state index contributed by atoms with van der Waals surface area (Å²) >= 11 is 0. The number of aliphatic carboxylic acids is 1. The number of carboxylic acids is 1. The Morgan fingerprint density at radius 1 is 1.09 bits per heavy atom. The van der Waals surface area contributed by atoms with E-state index in [9.17, 15) is 18.0 Å². The average molecular weight is 322 g/mol. The van der Waals surface area contributed by atoms with E-state index < -0.39 is 22.5 Å². The monoisotopic (exact) mass is 322 g/mol. The Morgan fingerprint density at radius 3 is 2.36 bits per heavy atom. The highest BCUT2D eigenvalue weighted by Crippen LogP contribution is 2.22. The average Bonchev–Trinajstić information content (AvgIpc) is 2.44. The van der Waals surface area contributed by atoms with Gasteiger partial charge in [0.25, 0.3) is 0 Å². The quantitative estimate of drug-likeness (QED) is 0.764. The number of carbonyl (C=O) groups excluding carboxylic acids is 1. The van der Waals surface area contributed by atoms with Gasteiger partial charge >= 0.3 is 5.97 Å². The number of carbonyl (C=O) groups is 2. The first-order valence-corrected chi connectivity index (χ1v) is 7.79. The zero-order chi connectivity index (χ0) is 16.3. The molecule has 8 heteroatoms. The number of rotatable bonds is 5. The minimum absolute atomic E-state index is 0.0199. The van der Waals surface area contributed by atoms with Crippen LogP contribution in [0.5, 0.6) is 0 Å². The molecule has 7 nitrogen and oxygen atoms in total. The van der Waals surface area contributed by atoms with Gasteiger partial charge in [-0.25, -0.2) is 8.42 Å². The second kappa shape index (κ2) is 6.12. The number of nitrogens with one attached hydrogen (secondary N) is 2. The summed E-state index contributed by atoms with van der Waals surface area (Å²) in [6.07, 6.45) is 0.